The fraction of sp³-hybridized carbons (Fsp3) is 0.556. The summed E-state index contributed by atoms with van der Waals surface area (Å²) in [6, 6.07) is 6.07. The fourth-order valence-electron chi connectivity index (χ4n) is 6.10. The maximum Gasteiger partial charge on any atom is 0.162 e. The lowest BCUT2D eigenvalue weighted by atomic mass is 9.73. The summed E-state index contributed by atoms with van der Waals surface area (Å²) in [5, 5.41) is 0. The van der Waals surface area contributed by atoms with E-state index in [-0.39, 0.29) is 23.3 Å². The average molecular weight is 490 g/mol. The molecule has 0 unspecified atom stereocenters. The van der Waals surface area contributed by atoms with Crippen LogP contribution in [0.25, 0.3) is 0 Å². The number of piperidine rings is 1. The molecule has 0 aliphatic carbocycles. The Bertz CT molecular complexity index is 1220. The summed E-state index contributed by atoms with van der Waals surface area (Å²) in [4.78, 5) is 33.8. The van der Waals surface area contributed by atoms with E-state index in [1.54, 1.807) is 0 Å². The maximum absolute atomic E-state index is 12.3. The number of aromatic nitrogens is 2. The number of rotatable bonds is 3. The molecule has 4 aliphatic rings. The molecule has 9 nitrogen and oxygen atoms in total. The molecule has 2 fully saturated rings. The Kier molecular flexibility index (Phi) is 5.72. The van der Waals surface area contributed by atoms with Crippen LogP contribution in [0.4, 0.5) is 17.2 Å². The van der Waals surface area contributed by atoms with Crippen LogP contribution >= 0.6 is 0 Å². The van der Waals surface area contributed by atoms with Crippen LogP contribution in [0.1, 0.15) is 54.9 Å². The fourth-order valence-corrected chi connectivity index (χ4v) is 6.10. The number of carbonyl (C=O) groups is 1. The molecular weight excluding hydrogens is 454 g/mol. The van der Waals surface area contributed by atoms with Gasteiger partial charge in [0.25, 0.3) is 0 Å². The van der Waals surface area contributed by atoms with Gasteiger partial charge in [0, 0.05) is 56.7 Å². The molecule has 5 heterocycles. The third kappa shape index (κ3) is 3.67. The number of ether oxygens (including phenoxy) is 1. The zero-order chi connectivity index (χ0) is 25.0. The molecule has 0 bridgehead atoms. The minimum absolute atomic E-state index is 0.0901. The number of ketones is 1. The number of hydrogen-bond acceptors (Lipinski definition) is 9. The van der Waals surface area contributed by atoms with Gasteiger partial charge in [-0.1, -0.05) is 6.92 Å². The van der Waals surface area contributed by atoms with Crippen LogP contribution in [-0.4, -0.2) is 73.6 Å². The molecule has 4 aliphatic heterocycles. The predicted molar refractivity (Wildman–Crippen MR) is 141 cm³/mol. The number of nitrogens with two attached hydrogens (primary N) is 1. The quantitative estimate of drug-likeness (QED) is 0.657. The van der Waals surface area contributed by atoms with Gasteiger partial charge in [-0.15, -0.1) is 0 Å². The Hall–Kier alpha value is -3.04. The van der Waals surface area contributed by atoms with Crippen LogP contribution < -0.4 is 20.4 Å². The second-order valence-electron chi connectivity index (χ2n) is 10.6. The van der Waals surface area contributed by atoms with Gasteiger partial charge in [-0.3, -0.25) is 9.79 Å². The molecule has 0 radical (unpaired) electrons. The molecule has 1 spiro atoms. The van der Waals surface area contributed by atoms with Crippen molar-refractivity contribution in [3.63, 3.8) is 0 Å². The summed E-state index contributed by atoms with van der Waals surface area (Å²) < 4.78 is 5.87. The second kappa shape index (κ2) is 8.81. The highest BCUT2D eigenvalue weighted by molar-refractivity contribution is 6.13. The van der Waals surface area contributed by atoms with Gasteiger partial charge in [0.15, 0.2) is 11.6 Å². The summed E-state index contributed by atoms with van der Waals surface area (Å²) in [6.07, 6.45) is 4.55. The van der Waals surface area contributed by atoms with Crippen molar-refractivity contribution in [2.75, 3.05) is 54.5 Å². The van der Waals surface area contributed by atoms with Crippen LogP contribution in [0.3, 0.4) is 0 Å². The van der Waals surface area contributed by atoms with Gasteiger partial charge < -0.3 is 25.2 Å². The van der Waals surface area contributed by atoms with E-state index in [1.165, 1.54) is 0 Å². The zero-order valence-electron chi connectivity index (χ0n) is 21.4. The molecule has 1 aromatic heterocycles. The number of hydrogen-bond donors (Lipinski definition) is 1. The van der Waals surface area contributed by atoms with E-state index in [2.05, 4.69) is 28.7 Å². The first-order valence-corrected chi connectivity index (χ1v) is 13.1. The number of amidine groups is 1. The topological polar surface area (TPSA) is 100 Å². The molecule has 36 heavy (non-hydrogen) atoms. The molecule has 0 saturated carbocycles. The van der Waals surface area contributed by atoms with Crippen LogP contribution in [0.5, 0.6) is 0 Å². The molecule has 2 saturated heterocycles. The Morgan fingerprint density at radius 2 is 2.00 bits per heavy atom. The predicted octanol–water partition coefficient (Wildman–Crippen LogP) is 2.62. The lowest BCUT2D eigenvalue weighted by Gasteiger charge is -2.41. The molecular formula is C27H35N7O2. The molecule has 190 valence electrons. The van der Waals surface area contributed by atoms with E-state index >= 15 is 0 Å². The summed E-state index contributed by atoms with van der Waals surface area (Å²) in [7, 11) is 2.07. The molecule has 2 aromatic rings. The van der Waals surface area contributed by atoms with Crippen molar-refractivity contribution < 1.29 is 9.53 Å². The Labute approximate surface area is 212 Å². The highest BCUT2D eigenvalue weighted by Gasteiger charge is 2.47. The van der Waals surface area contributed by atoms with Crippen molar-refractivity contribution >= 4 is 28.8 Å². The summed E-state index contributed by atoms with van der Waals surface area (Å²) in [5.41, 5.74) is 11.2. The second-order valence-corrected chi connectivity index (χ2v) is 10.6. The third-order valence-corrected chi connectivity index (χ3v) is 8.59. The third-order valence-electron chi connectivity index (χ3n) is 8.59. The highest BCUT2D eigenvalue weighted by Crippen LogP contribution is 2.42. The Morgan fingerprint density at radius 3 is 2.72 bits per heavy atom. The van der Waals surface area contributed by atoms with Crippen LogP contribution in [0.2, 0.25) is 0 Å². The van der Waals surface area contributed by atoms with E-state index in [4.69, 9.17) is 25.4 Å². The van der Waals surface area contributed by atoms with E-state index < -0.39 is 0 Å². The van der Waals surface area contributed by atoms with Crippen molar-refractivity contribution in [1.29, 1.82) is 0 Å². The normalized spacial score (nSPS) is 24.7. The summed E-state index contributed by atoms with van der Waals surface area (Å²) in [6.45, 7) is 8.75. The summed E-state index contributed by atoms with van der Waals surface area (Å²) in [5.74, 6) is 1.95. The monoisotopic (exact) mass is 489 g/mol. The number of carbonyl (C=O) groups excluding carboxylic acids is 1. The number of nitrogens with zero attached hydrogens (tertiary/aromatic N) is 6. The Balaban J connectivity index is 1.21. The number of fused-ring (bicyclic) bond motifs is 2. The van der Waals surface area contributed by atoms with Crippen LogP contribution in [-0.2, 0) is 11.3 Å². The van der Waals surface area contributed by atoms with Crippen molar-refractivity contribution in [3.05, 3.63) is 41.3 Å². The van der Waals surface area contributed by atoms with Crippen molar-refractivity contribution in [1.82, 2.24) is 9.97 Å². The molecule has 6 rings (SSSR count). The van der Waals surface area contributed by atoms with Crippen molar-refractivity contribution in [2.24, 2.45) is 16.1 Å². The van der Waals surface area contributed by atoms with Crippen LogP contribution in [0.15, 0.2) is 29.4 Å². The van der Waals surface area contributed by atoms with Gasteiger partial charge in [0.2, 0.25) is 0 Å². The van der Waals surface area contributed by atoms with Gasteiger partial charge in [-0.25, -0.2) is 9.97 Å². The number of likely N-dealkylation sites (N-methyl/N-ethyl adjacent to an activating group) is 1. The minimum Gasteiger partial charge on any atom is -0.376 e. The van der Waals surface area contributed by atoms with Crippen molar-refractivity contribution in [3.8, 4) is 0 Å². The number of anilines is 3. The van der Waals surface area contributed by atoms with E-state index in [0.29, 0.717) is 13.0 Å². The van der Waals surface area contributed by atoms with Crippen molar-refractivity contribution in [2.45, 2.75) is 51.8 Å². The first-order valence-electron chi connectivity index (χ1n) is 13.1. The molecule has 0 amide bonds. The van der Waals surface area contributed by atoms with Gasteiger partial charge in [-0.05, 0) is 38.0 Å². The number of Topliss-reactive ketones (excluding diaryl/α,β-unsaturated/α-hetero) is 1. The molecule has 2 N–H and O–H groups in total. The standard InChI is InChI=1S/C27H35N7O2/c1-4-22(35)18-5-6-20-21(13-18)32(3)11-12-34(20)26-24-19(14-30-26)31-23(15-29-24)33-9-7-27(8-10-33)16-36-17(2)25(27)28/h5-6,13,15,17,25H,4,7-12,14,16,28H2,1-3H3/t17-,25+/m0/s1. The smallest absolute Gasteiger partial charge is 0.162 e. The minimum atomic E-state index is 0.0901. The lowest BCUT2D eigenvalue weighted by Crippen LogP contribution is -2.50. The Morgan fingerprint density at radius 1 is 1.19 bits per heavy atom. The first kappa shape index (κ1) is 23.4. The average Bonchev–Trinajstić information content (AvgIpc) is 3.45. The van der Waals surface area contributed by atoms with E-state index in [0.717, 1.165) is 85.6 Å². The lowest BCUT2D eigenvalue weighted by molar-refractivity contribution is 0.0973. The van der Waals surface area contributed by atoms with Gasteiger partial charge in [0.1, 0.15) is 11.5 Å². The molecule has 1 aromatic carbocycles. The number of benzene rings is 1. The van der Waals surface area contributed by atoms with Crippen LogP contribution in [0, 0.1) is 5.41 Å². The molecule has 9 heteroatoms. The SMILES string of the molecule is CCC(=O)c1ccc2c(c1)N(C)CCN2C1=NCc2nc(N3CCC4(CC3)CO[C@@H](C)[C@H]4N)cnc21. The van der Waals surface area contributed by atoms with Gasteiger partial charge in [-0.2, -0.15) is 0 Å². The highest BCUT2D eigenvalue weighted by atomic mass is 16.5. The first-order chi connectivity index (χ1) is 17.4. The molecule has 2 atom stereocenters. The summed E-state index contributed by atoms with van der Waals surface area (Å²) >= 11 is 0. The zero-order valence-corrected chi connectivity index (χ0v) is 21.4. The van der Waals surface area contributed by atoms with E-state index in [1.807, 2.05) is 31.3 Å². The maximum atomic E-state index is 12.3. The van der Waals surface area contributed by atoms with Gasteiger partial charge in [0.05, 0.1) is 42.5 Å². The van der Waals surface area contributed by atoms with Gasteiger partial charge >= 0.3 is 0 Å². The largest absolute Gasteiger partial charge is 0.376 e. The number of aliphatic imine (C=N–C) groups is 1. The van der Waals surface area contributed by atoms with E-state index in [9.17, 15) is 4.79 Å².